The highest BCUT2D eigenvalue weighted by atomic mass is 79.9. The number of aromatic nitrogens is 2. The molecular formula is C16H24BrN3. The number of hydrogen-bond acceptors (Lipinski definition) is 3. The van der Waals surface area contributed by atoms with Crippen LogP contribution in [-0.4, -0.2) is 9.97 Å². The van der Waals surface area contributed by atoms with E-state index in [2.05, 4.69) is 27.8 Å². The van der Waals surface area contributed by atoms with Gasteiger partial charge in [-0.15, -0.1) is 0 Å². The number of halogens is 1. The summed E-state index contributed by atoms with van der Waals surface area (Å²) in [5.74, 6) is 3.51. The van der Waals surface area contributed by atoms with E-state index in [0.717, 1.165) is 16.2 Å². The zero-order chi connectivity index (χ0) is 14.1. The summed E-state index contributed by atoms with van der Waals surface area (Å²) < 4.78 is 0.942. The van der Waals surface area contributed by atoms with E-state index in [1.54, 1.807) is 0 Å². The summed E-state index contributed by atoms with van der Waals surface area (Å²) in [6, 6.07) is 0. The Morgan fingerprint density at radius 1 is 1.00 bits per heavy atom. The van der Waals surface area contributed by atoms with Gasteiger partial charge in [0.25, 0.3) is 0 Å². The predicted octanol–water partition coefficient (Wildman–Crippen LogP) is 4.77. The first-order valence-corrected chi connectivity index (χ1v) is 8.77. The third-order valence-corrected chi connectivity index (χ3v) is 5.78. The van der Waals surface area contributed by atoms with E-state index >= 15 is 0 Å². The van der Waals surface area contributed by atoms with Crippen LogP contribution in [-0.2, 0) is 0 Å². The highest BCUT2D eigenvalue weighted by molar-refractivity contribution is 9.10. The van der Waals surface area contributed by atoms with Crippen molar-refractivity contribution in [3.8, 4) is 0 Å². The van der Waals surface area contributed by atoms with Crippen molar-refractivity contribution < 1.29 is 0 Å². The molecule has 2 saturated carbocycles. The first-order valence-electron chi connectivity index (χ1n) is 7.98. The van der Waals surface area contributed by atoms with Crippen molar-refractivity contribution >= 4 is 21.7 Å². The van der Waals surface area contributed by atoms with Gasteiger partial charge < -0.3 is 5.73 Å². The van der Waals surface area contributed by atoms with Crippen molar-refractivity contribution in [2.45, 2.75) is 70.1 Å². The van der Waals surface area contributed by atoms with E-state index in [-0.39, 0.29) is 0 Å². The van der Waals surface area contributed by atoms with Gasteiger partial charge in [0.15, 0.2) is 0 Å². The second-order valence-corrected chi connectivity index (χ2v) is 7.41. The fourth-order valence-electron chi connectivity index (χ4n) is 3.82. The van der Waals surface area contributed by atoms with Gasteiger partial charge in [0.1, 0.15) is 11.6 Å². The molecule has 110 valence electrons. The van der Waals surface area contributed by atoms with Crippen LogP contribution in [0, 0.1) is 5.92 Å². The molecule has 3 rings (SSSR count). The molecule has 2 aliphatic rings. The number of hydrogen-bond donors (Lipinski definition) is 1. The first-order chi connectivity index (χ1) is 9.65. The smallest absolute Gasteiger partial charge is 0.141 e. The molecule has 2 atom stereocenters. The van der Waals surface area contributed by atoms with Crippen LogP contribution in [0.3, 0.4) is 0 Å². The van der Waals surface area contributed by atoms with Gasteiger partial charge in [-0.25, -0.2) is 9.97 Å². The topological polar surface area (TPSA) is 51.8 Å². The minimum atomic E-state index is 0.509. The Bertz CT molecular complexity index is 483. The Labute approximate surface area is 129 Å². The lowest BCUT2D eigenvalue weighted by Crippen LogP contribution is -2.17. The molecule has 0 aliphatic heterocycles. The molecule has 4 heteroatoms. The van der Waals surface area contributed by atoms with Gasteiger partial charge >= 0.3 is 0 Å². The van der Waals surface area contributed by atoms with E-state index in [1.165, 1.54) is 57.1 Å². The quantitative estimate of drug-likeness (QED) is 0.845. The summed E-state index contributed by atoms with van der Waals surface area (Å²) in [7, 11) is 0. The Kier molecular flexibility index (Phi) is 4.29. The minimum absolute atomic E-state index is 0.509. The second kappa shape index (κ2) is 6.00. The van der Waals surface area contributed by atoms with Crippen molar-refractivity contribution in [3.05, 3.63) is 16.0 Å². The van der Waals surface area contributed by atoms with Gasteiger partial charge in [0.05, 0.1) is 10.2 Å². The average Bonchev–Trinajstić information content (AvgIpc) is 2.95. The standard InChI is InChI=1S/C16H24BrN3/c1-10-5-4-8-12(9-10)16-19-14(11-6-2-3-7-11)13(17)15(18)20-16/h10-12H,2-9H2,1H3,(H2,18,19,20). The molecule has 0 saturated heterocycles. The van der Waals surface area contributed by atoms with Gasteiger partial charge in [-0.3, -0.25) is 0 Å². The maximum absolute atomic E-state index is 6.13. The van der Waals surface area contributed by atoms with Crippen LogP contribution >= 0.6 is 15.9 Å². The summed E-state index contributed by atoms with van der Waals surface area (Å²) in [5.41, 5.74) is 7.30. The monoisotopic (exact) mass is 337 g/mol. The molecule has 0 bridgehead atoms. The summed E-state index contributed by atoms with van der Waals surface area (Å²) in [4.78, 5) is 9.52. The molecule has 0 aromatic carbocycles. The number of nitrogen functional groups attached to an aromatic ring is 1. The van der Waals surface area contributed by atoms with Gasteiger partial charge in [-0.2, -0.15) is 0 Å². The molecule has 0 radical (unpaired) electrons. The maximum atomic E-state index is 6.13. The van der Waals surface area contributed by atoms with Crippen molar-refractivity contribution in [2.75, 3.05) is 5.73 Å². The van der Waals surface area contributed by atoms with Gasteiger partial charge in [0.2, 0.25) is 0 Å². The number of nitrogens with zero attached hydrogens (tertiary/aromatic N) is 2. The molecule has 1 aromatic heterocycles. The Morgan fingerprint density at radius 3 is 2.40 bits per heavy atom. The van der Waals surface area contributed by atoms with E-state index in [1.807, 2.05) is 0 Å². The van der Waals surface area contributed by atoms with Crippen LogP contribution < -0.4 is 5.73 Å². The van der Waals surface area contributed by atoms with Crippen LogP contribution in [0.5, 0.6) is 0 Å². The molecule has 2 aliphatic carbocycles. The lowest BCUT2D eigenvalue weighted by atomic mass is 9.82. The van der Waals surface area contributed by atoms with Crippen LogP contribution in [0.25, 0.3) is 0 Å². The number of anilines is 1. The SMILES string of the molecule is CC1CCCC(c2nc(N)c(Br)c(C3CCCC3)n2)C1. The molecule has 1 aromatic rings. The normalized spacial score (nSPS) is 27.9. The minimum Gasteiger partial charge on any atom is -0.383 e. The molecule has 0 spiro atoms. The third-order valence-electron chi connectivity index (χ3n) is 4.96. The Hall–Kier alpha value is -0.640. The molecule has 3 nitrogen and oxygen atoms in total. The van der Waals surface area contributed by atoms with E-state index < -0.39 is 0 Å². The van der Waals surface area contributed by atoms with Crippen molar-refractivity contribution in [3.63, 3.8) is 0 Å². The van der Waals surface area contributed by atoms with E-state index in [4.69, 9.17) is 10.7 Å². The van der Waals surface area contributed by atoms with Crippen molar-refractivity contribution in [2.24, 2.45) is 5.92 Å². The molecule has 2 fully saturated rings. The van der Waals surface area contributed by atoms with Gasteiger partial charge in [0, 0.05) is 11.8 Å². The molecule has 2 unspecified atom stereocenters. The van der Waals surface area contributed by atoms with Crippen molar-refractivity contribution in [1.82, 2.24) is 9.97 Å². The molecule has 2 N–H and O–H groups in total. The third kappa shape index (κ3) is 2.85. The number of nitrogens with two attached hydrogens (primary N) is 1. The van der Waals surface area contributed by atoms with Crippen LogP contribution in [0.15, 0.2) is 4.47 Å². The average molecular weight is 338 g/mol. The fraction of sp³-hybridized carbons (Fsp3) is 0.750. The van der Waals surface area contributed by atoms with Gasteiger partial charge in [-0.1, -0.05) is 32.6 Å². The number of rotatable bonds is 2. The lowest BCUT2D eigenvalue weighted by molar-refractivity contribution is 0.334. The van der Waals surface area contributed by atoms with Crippen LogP contribution in [0.4, 0.5) is 5.82 Å². The van der Waals surface area contributed by atoms with E-state index in [9.17, 15) is 0 Å². The summed E-state index contributed by atoms with van der Waals surface area (Å²) in [6.45, 7) is 2.34. The molecular weight excluding hydrogens is 314 g/mol. The highest BCUT2D eigenvalue weighted by Crippen LogP contribution is 2.40. The summed E-state index contributed by atoms with van der Waals surface area (Å²) in [6.07, 6.45) is 10.2. The fourth-order valence-corrected chi connectivity index (χ4v) is 4.32. The summed E-state index contributed by atoms with van der Waals surface area (Å²) >= 11 is 3.61. The highest BCUT2D eigenvalue weighted by Gasteiger charge is 2.27. The van der Waals surface area contributed by atoms with E-state index in [0.29, 0.717) is 17.7 Å². The Balaban J connectivity index is 1.91. The first kappa shape index (κ1) is 14.3. The lowest BCUT2D eigenvalue weighted by Gasteiger charge is -2.26. The molecule has 0 amide bonds. The van der Waals surface area contributed by atoms with Crippen molar-refractivity contribution in [1.29, 1.82) is 0 Å². The molecule has 1 heterocycles. The maximum Gasteiger partial charge on any atom is 0.141 e. The zero-order valence-corrected chi connectivity index (χ0v) is 13.8. The van der Waals surface area contributed by atoms with Gasteiger partial charge in [-0.05, 0) is 47.5 Å². The largest absolute Gasteiger partial charge is 0.383 e. The molecule has 20 heavy (non-hydrogen) atoms. The zero-order valence-electron chi connectivity index (χ0n) is 12.2. The van der Waals surface area contributed by atoms with Crippen LogP contribution in [0.2, 0.25) is 0 Å². The Morgan fingerprint density at radius 2 is 1.70 bits per heavy atom. The predicted molar refractivity (Wildman–Crippen MR) is 85.7 cm³/mol. The second-order valence-electron chi connectivity index (χ2n) is 6.62. The summed E-state index contributed by atoms with van der Waals surface area (Å²) in [5, 5.41) is 0. The van der Waals surface area contributed by atoms with Crippen LogP contribution in [0.1, 0.15) is 81.6 Å².